The van der Waals surface area contributed by atoms with Gasteiger partial charge in [-0.05, 0) is 32.3 Å². The van der Waals surface area contributed by atoms with Gasteiger partial charge in [-0.25, -0.2) is 0 Å². The first-order chi connectivity index (χ1) is 9.08. The lowest BCUT2D eigenvalue weighted by Crippen LogP contribution is -2.40. The van der Waals surface area contributed by atoms with E-state index in [1.54, 1.807) is 0 Å². The van der Waals surface area contributed by atoms with Crippen LogP contribution in [0.4, 0.5) is 0 Å². The Morgan fingerprint density at radius 1 is 1.21 bits per heavy atom. The third-order valence-corrected chi connectivity index (χ3v) is 3.67. The van der Waals surface area contributed by atoms with Gasteiger partial charge >= 0.3 is 0 Å². The van der Waals surface area contributed by atoms with Crippen LogP contribution in [0.15, 0.2) is 24.3 Å². The summed E-state index contributed by atoms with van der Waals surface area (Å²) in [5.74, 6) is 0.256. The van der Waals surface area contributed by atoms with E-state index in [1.807, 2.05) is 4.90 Å². The van der Waals surface area contributed by atoms with Crippen LogP contribution in [0.3, 0.4) is 0 Å². The van der Waals surface area contributed by atoms with Crippen molar-refractivity contribution >= 4 is 5.91 Å². The number of aryl methyl sites for hydroxylation is 1. The molecule has 1 unspecified atom stereocenters. The van der Waals surface area contributed by atoms with Crippen molar-refractivity contribution < 1.29 is 4.79 Å². The highest BCUT2D eigenvalue weighted by atomic mass is 16.2. The molecule has 1 rings (SSSR count). The second-order valence-electron chi connectivity index (χ2n) is 5.36. The molecule has 0 aliphatic heterocycles. The average molecular weight is 261 g/mol. The molecule has 19 heavy (non-hydrogen) atoms. The zero-order chi connectivity index (χ0) is 14.3. The molecule has 1 aromatic rings. The number of hydrogen-bond acceptors (Lipinski definition) is 1. The minimum absolute atomic E-state index is 0.256. The lowest BCUT2D eigenvalue weighted by molar-refractivity contribution is -0.132. The first kappa shape index (κ1) is 15.7. The van der Waals surface area contributed by atoms with Crippen molar-refractivity contribution in [3.63, 3.8) is 0 Å². The zero-order valence-corrected chi connectivity index (χ0v) is 12.8. The summed E-state index contributed by atoms with van der Waals surface area (Å²) in [6, 6.07) is 8.60. The van der Waals surface area contributed by atoms with Crippen molar-refractivity contribution in [2.24, 2.45) is 0 Å². The molecule has 0 aliphatic carbocycles. The van der Waals surface area contributed by atoms with Crippen LogP contribution in [0.1, 0.15) is 51.2 Å². The Morgan fingerprint density at radius 3 is 2.37 bits per heavy atom. The minimum atomic E-state index is 0.256. The average Bonchev–Trinajstić information content (AvgIpc) is 2.41. The number of unbranched alkanes of at least 4 members (excludes halogenated alkanes) is 1. The standard InChI is InChI=1S/C17H27NO/c1-5-7-12-18(15(4)6-2)17(19)13-16-10-8-14(3)9-11-16/h8-11,15H,5-7,12-13H2,1-4H3. The molecule has 2 heteroatoms. The van der Waals surface area contributed by atoms with E-state index in [9.17, 15) is 4.79 Å². The van der Waals surface area contributed by atoms with Gasteiger partial charge in [0.05, 0.1) is 6.42 Å². The molecular formula is C17H27NO. The zero-order valence-electron chi connectivity index (χ0n) is 12.8. The van der Waals surface area contributed by atoms with Gasteiger partial charge in [0.15, 0.2) is 0 Å². The SMILES string of the molecule is CCCCN(C(=O)Cc1ccc(C)cc1)C(C)CC. The smallest absolute Gasteiger partial charge is 0.227 e. The predicted octanol–water partition coefficient (Wildman–Crippen LogP) is 3.96. The van der Waals surface area contributed by atoms with Crippen LogP contribution in [0, 0.1) is 6.92 Å². The molecule has 0 saturated carbocycles. The molecule has 0 N–H and O–H groups in total. The van der Waals surface area contributed by atoms with Crippen LogP contribution in [0.5, 0.6) is 0 Å². The molecule has 0 aromatic heterocycles. The fourth-order valence-electron chi connectivity index (χ4n) is 2.12. The van der Waals surface area contributed by atoms with Gasteiger partial charge in [-0.15, -0.1) is 0 Å². The maximum Gasteiger partial charge on any atom is 0.227 e. The van der Waals surface area contributed by atoms with E-state index in [2.05, 4.69) is 52.0 Å². The van der Waals surface area contributed by atoms with Crippen molar-refractivity contribution in [3.8, 4) is 0 Å². The maximum absolute atomic E-state index is 12.4. The Balaban J connectivity index is 2.67. The molecule has 1 aromatic carbocycles. The predicted molar refractivity (Wildman–Crippen MR) is 81.3 cm³/mol. The highest BCUT2D eigenvalue weighted by Crippen LogP contribution is 2.11. The van der Waals surface area contributed by atoms with E-state index in [0.717, 1.165) is 31.4 Å². The number of hydrogen-bond donors (Lipinski definition) is 0. The number of carbonyl (C=O) groups excluding carboxylic acids is 1. The molecule has 1 amide bonds. The molecular weight excluding hydrogens is 234 g/mol. The normalized spacial score (nSPS) is 12.2. The summed E-state index contributed by atoms with van der Waals surface area (Å²) >= 11 is 0. The van der Waals surface area contributed by atoms with Gasteiger partial charge in [0, 0.05) is 12.6 Å². The lowest BCUT2D eigenvalue weighted by Gasteiger charge is -2.28. The van der Waals surface area contributed by atoms with Gasteiger partial charge in [0.25, 0.3) is 0 Å². The maximum atomic E-state index is 12.4. The van der Waals surface area contributed by atoms with Crippen molar-refractivity contribution in [2.45, 2.75) is 59.4 Å². The molecule has 2 nitrogen and oxygen atoms in total. The summed E-state index contributed by atoms with van der Waals surface area (Å²) in [5.41, 5.74) is 2.35. The lowest BCUT2D eigenvalue weighted by atomic mass is 10.1. The first-order valence-electron chi connectivity index (χ1n) is 7.43. The molecule has 0 saturated heterocycles. The molecule has 106 valence electrons. The van der Waals surface area contributed by atoms with Crippen LogP contribution in [0.25, 0.3) is 0 Å². The molecule has 0 spiro atoms. The molecule has 0 fully saturated rings. The largest absolute Gasteiger partial charge is 0.340 e. The third kappa shape index (κ3) is 5.06. The second-order valence-corrected chi connectivity index (χ2v) is 5.36. The van der Waals surface area contributed by atoms with E-state index >= 15 is 0 Å². The number of rotatable bonds is 7. The van der Waals surface area contributed by atoms with E-state index in [1.165, 1.54) is 5.56 Å². The van der Waals surface area contributed by atoms with Gasteiger partial charge < -0.3 is 4.90 Å². The fourth-order valence-corrected chi connectivity index (χ4v) is 2.12. The molecule has 0 heterocycles. The summed E-state index contributed by atoms with van der Waals surface area (Å²) in [6.07, 6.45) is 3.76. The van der Waals surface area contributed by atoms with Crippen molar-refractivity contribution in [3.05, 3.63) is 35.4 Å². The monoisotopic (exact) mass is 261 g/mol. The summed E-state index contributed by atoms with van der Waals surface area (Å²) in [4.78, 5) is 14.5. The molecule has 1 atom stereocenters. The Kier molecular flexibility index (Phi) is 6.61. The molecule has 0 bridgehead atoms. The summed E-state index contributed by atoms with van der Waals surface area (Å²) in [6.45, 7) is 9.40. The Hall–Kier alpha value is -1.31. The summed E-state index contributed by atoms with van der Waals surface area (Å²) in [5, 5.41) is 0. The number of amides is 1. The van der Waals surface area contributed by atoms with Crippen molar-refractivity contribution in [2.75, 3.05) is 6.54 Å². The van der Waals surface area contributed by atoms with E-state index in [0.29, 0.717) is 12.5 Å². The van der Waals surface area contributed by atoms with E-state index in [4.69, 9.17) is 0 Å². The van der Waals surface area contributed by atoms with Crippen LogP contribution in [-0.2, 0) is 11.2 Å². The van der Waals surface area contributed by atoms with E-state index in [-0.39, 0.29) is 5.91 Å². The number of benzene rings is 1. The Bertz CT molecular complexity index is 383. The summed E-state index contributed by atoms with van der Waals surface area (Å²) in [7, 11) is 0. The molecule has 0 aliphatic rings. The van der Waals surface area contributed by atoms with Gasteiger partial charge in [-0.1, -0.05) is 50.1 Å². The van der Waals surface area contributed by atoms with Crippen molar-refractivity contribution in [1.29, 1.82) is 0 Å². The van der Waals surface area contributed by atoms with Crippen LogP contribution < -0.4 is 0 Å². The van der Waals surface area contributed by atoms with Gasteiger partial charge in [0.1, 0.15) is 0 Å². The Labute approximate surface area is 117 Å². The fraction of sp³-hybridized carbons (Fsp3) is 0.588. The minimum Gasteiger partial charge on any atom is -0.340 e. The highest BCUT2D eigenvalue weighted by molar-refractivity contribution is 5.79. The van der Waals surface area contributed by atoms with Crippen LogP contribution >= 0.6 is 0 Å². The highest BCUT2D eigenvalue weighted by Gasteiger charge is 2.18. The van der Waals surface area contributed by atoms with Gasteiger partial charge in [0.2, 0.25) is 5.91 Å². The molecule has 0 radical (unpaired) electrons. The topological polar surface area (TPSA) is 20.3 Å². The quantitative estimate of drug-likeness (QED) is 0.727. The third-order valence-electron chi connectivity index (χ3n) is 3.67. The van der Waals surface area contributed by atoms with E-state index < -0.39 is 0 Å². The van der Waals surface area contributed by atoms with Crippen molar-refractivity contribution in [1.82, 2.24) is 4.90 Å². The van der Waals surface area contributed by atoms with Gasteiger partial charge in [-0.3, -0.25) is 4.79 Å². The van der Waals surface area contributed by atoms with Gasteiger partial charge in [-0.2, -0.15) is 0 Å². The Morgan fingerprint density at radius 2 is 1.84 bits per heavy atom. The van der Waals surface area contributed by atoms with Crippen LogP contribution in [-0.4, -0.2) is 23.4 Å². The first-order valence-corrected chi connectivity index (χ1v) is 7.43. The summed E-state index contributed by atoms with van der Waals surface area (Å²) < 4.78 is 0. The second kappa shape index (κ2) is 7.98. The number of carbonyl (C=O) groups is 1. The number of nitrogens with zero attached hydrogens (tertiary/aromatic N) is 1. The van der Waals surface area contributed by atoms with Crippen LogP contribution in [0.2, 0.25) is 0 Å².